The van der Waals surface area contributed by atoms with E-state index in [1.807, 2.05) is 38.0 Å². The Kier molecular flexibility index (Phi) is 9.28. The number of rotatable bonds is 4. The number of hydrogen-bond acceptors (Lipinski definition) is 3. The van der Waals surface area contributed by atoms with E-state index in [4.69, 9.17) is 0 Å². The molecule has 98 valence electrons. The van der Waals surface area contributed by atoms with Gasteiger partial charge in [-0.1, -0.05) is 6.92 Å². The van der Waals surface area contributed by atoms with Gasteiger partial charge in [0.15, 0.2) is 15.8 Å². The van der Waals surface area contributed by atoms with Gasteiger partial charge in [0.2, 0.25) is 0 Å². The minimum atomic E-state index is -2.91. The molecule has 0 rings (SSSR count). The molecule has 0 spiro atoms. The number of nitrogens with zero attached hydrogens (tertiary/aromatic N) is 3. The summed E-state index contributed by atoms with van der Waals surface area (Å²) < 4.78 is 22.4. The minimum Gasteiger partial charge on any atom is -0.349 e. The second kappa shape index (κ2) is 8.10. The molecular formula is C9H22IN3O2S. The highest BCUT2D eigenvalue weighted by molar-refractivity contribution is 14.0. The molecule has 0 aliphatic rings. The van der Waals surface area contributed by atoms with Crippen molar-refractivity contribution in [1.82, 2.24) is 9.80 Å². The Morgan fingerprint density at radius 2 is 1.56 bits per heavy atom. The summed E-state index contributed by atoms with van der Waals surface area (Å²) in [4.78, 5) is 7.96. The highest BCUT2D eigenvalue weighted by atomic mass is 127. The van der Waals surface area contributed by atoms with Crippen LogP contribution in [-0.4, -0.2) is 70.4 Å². The molecule has 0 aromatic heterocycles. The number of sulfone groups is 1. The number of aliphatic imine (C=N–C) groups is 1. The van der Waals surface area contributed by atoms with Crippen molar-refractivity contribution < 1.29 is 8.42 Å². The first-order chi connectivity index (χ1) is 6.80. The van der Waals surface area contributed by atoms with Crippen molar-refractivity contribution in [3.8, 4) is 0 Å². The third-order valence-electron chi connectivity index (χ3n) is 1.90. The van der Waals surface area contributed by atoms with Crippen molar-refractivity contribution >= 4 is 39.8 Å². The summed E-state index contributed by atoms with van der Waals surface area (Å²) in [6, 6.07) is 0. The second-order valence-electron chi connectivity index (χ2n) is 3.71. The van der Waals surface area contributed by atoms with Gasteiger partial charge in [0.1, 0.15) is 0 Å². The van der Waals surface area contributed by atoms with Crippen LogP contribution in [0.3, 0.4) is 0 Å². The lowest BCUT2D eigenvalue weighted by molar-refractivity contribution is 0.480. The lowest BCUT2D eigenvalue weighted by Gasteiger charge is -2.22. The molecule has 16 heavy (non-hydrogen) atoms. The van der Waals surface area contributed by atoms with Gasteiger partial charge in [-0.3, -0.25) is 4.99 Å². The lowest BCUT2D eigenvalue weighted by atomic mass is 10.7. The van der Waals surface area contributed by atoms with E-state index in [1.54, 1.807) is 6.92 Å². The van der Waals surface area contributed by atoms with Crippen molar-refractivity contribution in [2.24, 2.45) is 4.99 Å². The monoisotopic (exact) mass is 363 g/mol. The van der Waals surface area contributed by atoms with Crippen molar-refractivity contribution in [2.45, 2.75) is 6.92 Å². The van der Waals surface area contributed by atoms with Crippen molar-refractivity contribution in [3.63, 3.8) is 0 Å². The van der Waals surface area contributed by atoms with Crippen LogP contribution in [0.4, 0.5) is 0 Å². The molecule has 0 heterocycles. The molecule has 0 saturated heterocycles. The van der Waals surface area contributed by atoms with Gasteiger partial charge >= 0.3 is 0 Å². The average molecular weight is 363 g/mol. The fraction of sp³-hybridized carbons (Fsp3) is 0.889. The SMILES string of the molecule is CCS(=O)(=O)CCN=C(N(C)C)N(C)C.I. The quantitative estimate of drug-likeness (QED) is 0.415. The Bertz CT molecular complexity index is 303. The summed E-state index contributed by atoms with van der Waals surface area (Å²) in [5, 5.41) is 0. The predicted octanol–water partition coefficient (Wildman–Crippen LogP) is 0.518. The number of halogens is 1. The molecule has 0 saturated carbocycles. The smallest absolute Gasteiger partial charge is 0.195 e. The van der Waals surface area contributed by atoms with E-state index in [-0.39, 0.29) is 35.5 Å². The van der Waals surface area contributed by atoms with E-state index in [0.717, 1.165) is 5.96 Å². The van der Waals surface area contributed by atoms with Crippen LogP contribution < -0.4 is 0 Å². The topological polar surface area (TPSA) is 53.0 Å². The van der Waals surface area contributed by atoms with Gasteiger partial charge < -0.3 is 9.80 Å². The number of hydrogen-bond donors (Lipinski definition) is 0. The molecule has 0 aliphatic heterocycles. The first kappa shape index (κ1) is 18.3. The van der Waals surface area contributed by atoms with Crippen LogP contribution in [0, 0.1) is 0 Å². The Labute approximate surface area is 116 Å². The molecule has 0 aromatic carbocycles. The zero-order valence-corrected chi connectivity index (χ0v) is 13.7. The maximum atomic E-state index is 11.2. The van der Waals surface area contributed by atoms with Crippen molar-refractivity contribution in [1.29, 1.82) is 0 Å². The van der Waals surface area contributed by atoms with Crippen LogP contribution in [0.15, 0.2) is 4.99 Å². The summed E-state index contributed by atoms with van der Waals surface area (Å²) in [7, 11) is 4.62. The molecule has 0 fully saturated rings. The molecule has 0 atom stereocenters. The van der Waals surface area contributed by atoms with E-state index < -0.39 is 9.84 Å². The molecule has 0 bridgehead atoms. The van der Waals surface area contributed by atoms with Crippen LogP contribution in [0.5, 0.6) is 0 Å². The van der Waals surface area contributed by atoms with E-state index in [2.05, 4.69) is 4.99 Å². The van der Waals surface area contributed by atoms with Gasteiger partial charge in [-0.2, -0.15) is 0 Å². The molecule has 0 aliphatic carbocycles. The Morgan fingerprint density at radius 1 is 1.12 bits per heavy atom. The maximum absolute atomic E-state index is 11.2. The zero-order valence-electron chi connectivity index (χ0n) is 10.6. The van der Waals surface area contributed by atoms with E-state index in [0.29, 0.717) is 6.54 Å². The standard InChI is InChI=1S/C9H21N3O2S.HI/c1-6-15(13,14)8-7-10-9(11(2)3)12(4)5;/h6-8H2,1-5H3;1H. The van der Waals surface area contributed by atoms with Gasteiger partial charge in [0.05, 0.1) is 12.3 Å². The van der Waals surface area contributed by atoms with Crippen LogP contribution in [0.2, 0.25) is 0 Å². The normalized spacial score (nSPS) is 10.3. The average Bonchev–Trinajstić information content (AvgIpc) is 2.11. The van der Waals surface area contributed by atoms with Crippen LogP contribution in [0.25, 0.3) is 0 Å². The van der Waals surface area contributed by atoms with E-state index in [1.165, 1.54) is 0 Å². The molecule has 5 nitrogen and oxygen atoms in total. The first-order valence-corrected chi connectivity index (χ1v) is 6.72. The molecular weight excluding hydrogens is 341 g/mol. The molecule has 7 heteroatoms. The van der Waals surface area contributed by atoms with Crippen LogP contribution in [-0.2, 0) is 9.84 Å². The fourth-order valence-corrected chi connectivity index (χ4v) is 1.77. The molecule has 0 aromatic rings. The van der Waals surface area contributed by atoms with Gasteiger partial charge in [0.25, 0.3) is 0 Å². The molecule has 0 amide bonds. The van der Waals surface area contributed by atoms with E-state index in [9.17, 15) is 8.42 Å². The first-order valence-electron chi connectivity index (χ1n) is 4.89. The predicted molar refractivity (Wildman–Crippen MR) is 79.4 cm³/mol. The Hall–Kier alpha value is -0.0500. The Balaban J connectivity index is 0. The van der Waals surface area contributed by atoms with Gasteiger partial charge in [0, 0.05) is 33.9 Å². The zero-order chi connectivity index (χ0) is 12.1. The Morgan fingerprint density at radius 3 is 1.88 bits per heavy atom. The molecule has 0 N–H and O–H groups in total. The summed E-state index contributed by atoms with van der Waals surface area (Å²) >= 11 is 0. The largest absolute Gasteiger partial charge is 0.349 e. The summed E-state index contributed by atoms with van der Waals surface area (Å²) in [6.45, 7) is 1.97. The third kappa shape index (κ3) is 7.26. The van der Waals surface area contributed by atoms with Gasteiger partial charge in [-0.25, -0.2) is 8.42 Å². The summed E-state index contributed by atoms with van der Waals surface area (Å²) in [5.74, 6) is 1.08. The summed E-state index contributed by atoms with van der Waals surface area (Å²) in [5.41, 5.74) is 0. The van der Waals surface area contributed by atoms with Crippen molar-refractivity contribution in [2.75, 3.05) is 46.2 Å². The lowest BCUT2D eigenvalue weighted by Crippen LogP contribution is -2.35. The van der Waals surface area contributed by atoms with Crippen molar-refractivity contribution in [3.05, 3.63) is 0 Å². The highest BCUT2D eigenvalue weighted by Crippen LogP contribution is 1.93. The van der Waals surface area contributed by atoms with Crippen LogP contribution >= 0.6 is 24.0 Å². The second-order valence-corrected chi connectivity index (χ2v) is 6.18. The maximum Gasteiger partial charge on any atom is 0.195 e. The van der Waals surface area contributed by atoms with Gasteiger partial charge in [-0.05, 0) is 0 Å². The fourth-order valence-electron chi connectivity index (χ4n) is 1.11. The highest BCUT2D eigenvalue weighted by Gasteiger charge is 2.08. The van der Waals surface area contributed by atoms with E-state index >= 15 is 0 Å². The van der Waals surface area contributed by atoms with Crippen LogP contribution in [0.1, 0.15) is 6.92 Å². The minimum absolute atomic E-state index is 0. The summed E-state index contributed by atoms with van der Waals surface area (Å²) in [6.07, 6.45) is 0. The van der Waals surface area contributed by atoms with Gasteiger partial charge in [-0.15, -0.1) is 24.0 Å². The molecule has 0 radical (unpaired) electrons. The third-order valence-corrected chi connectivity index (χ3v) is 3.58. The number of guanidine groups is 1. The molecule has 0 unspecified atom stereocenters.